The van der Waals surface area contributed by atoms with Crippen LogP contribution in [0.1, 0.15) is 20.8 Å². The van der Waals surface area contributed by atoms with Gasteiger partial charge >= 0.3 is 0 Å². The van der Waals surface area contributed by atoms with Gasteiger partial charge in [0.1, 0.15) is 5.76 Å². The highest BCUT2D eigenvalue weighted by Crippen LogP contribution is 2.22. The van der Waals surface area contributed by atoms with Gasteiger partial charge in [-0.25, -0.2) is 8.42 Å². The maximum absolute atomic E-state index is 10.7. The summed E-state index contributed by atoms with van der Waals surface area (Å²) in [6.45, 7) is 5.22. The van der Waals surface area contributed by atoms with Gasteiger partial charge in [-0.2, -0.15) is 0 Å². The normalized spacial score (nSPS) is 15.1. The zero-order valence-electron chi connectivity index (χ0n) is 7.25. The van der Waals surface area contributed by atoms with Crippen molar-refractivity contribution in [3.63, 3.8) is 0 Å². The molecule has 0 fully saturated rings. The van der Waals surface area contributed by atoms with Crippen molar-refractivity contribution in [3.8, 4) is 0 Å². The molecule has 0 amide bonds. The molecular weight excluding hydrogens is 164 g/mol. The van der Waals surface area contributed by atoms with Crippen LogP contribution >= 0.6 is 0 Å². The van der Waals surface area contributed by atoms with Crippen molar-refractivity contribution < 1.29 is 13.5 Å². The number of hydrogen-bond acceptors (Lipinski definition) is 3. The van der Waals surface area contributed by atoms with E-state index in [0.717, 1.165) is 11.7 Å². The van der Waals surface area contributed by atoms with Gasteiger partial charge in [-0.3, -0.25) is 0 Å². The second kappa shape index (κ2) is 2.85. The van der Waals surface area contributed by atoms with Crippen LogP contribution in [0.25, 0.3) is 0 Å². The molecule has 1 N–H and O–H groups in total. The van der Waals surface area contributed by atoms with Gasteiger partial charge in [-0.05, 0) is 0 Å². The Balaban J connectivity index is 4.78. The lowest BCUT2D eigenvalue weighted by molar-refractivity contribution is 0.278. The molecule has 0 aromatic carbocycles. The van der Waals surface area contributed by atoms with Crippen LogP contribution in [0.3, 0.4) is 0 Å². The largest absolute Gasteiger partial charge is 0.511 e. The van der Waals surface area contributed by atoms with E-state index in [0.29, 0.717) is 0 Å². The average molecular weight is 178 g/mol. The molecule has 66 valence electrons. The average Bonchev–Trinajstić information content (AvgIpc) is 1.56. The standard InChI is InChI=1S/C7H14O3S/c1-7(2,3)6(8)5-11(4,9)10/h5,8H,1-4H3. The minimum Gasteiger partial charge on any atom is -0.511 e. The molecule has 4 heteroatoms. The molecule has 0 aliphatic rings. The first-order valence-electron chi connectivity index (χ1n) is 3.24. The molecule has 0 bridgehead atoms. The maximum Gasteiger partial charge on any atom is 0.172 e. The summed E-state index contributed by atoms with van der Waals surface area (Å²) in [6, 6.07) is 0. The van der Waals surface area contributed by atoms with E-state index in [-0.39, 0.29) is 5.76 Å². The van der Waals surface area contributed by atoms with E-state index >= 15 is 0 Å². The Kier molecular flexibility index (Phi) is 2.72. The summed E-state index contributed by atoms with van der Waals surface area (Å²) in [7, 11) is -3.22. The van der Waals surface area contributed by atoms with E-state index in [1.165, 1.54) is 0 Å². The highest BCUT2D eigenvalue weighted by Gasteiger charge is 2.17. The number of hydrogen-bond donors (Lipinski definition) is 1. The highest BCUT2D eigenvalue weighted by molar-refractivity contribution is 7.93. The summed E-state index contributed by atoms with van der Waals surface area (Å²) in [5.74, 6) is -0.111. The monoisotopic (exact) mass is 178 g/mol. The molecule has 0 rings (SSSR count). The first kappa shape index (κ1) is 10.5. The molecular formula is C7H14O3S. The second-order valence-corrected chi connectivity index (χ2v) is 5.48. The second-order valence-electron chi connectivity index (χ2n) is 3.58. The van der Waals surface area contributed by atoms with Crippen molar-refractivity contribution in [2.75, 3.05) is 6.26 Å². The van der Waals surface area contributed by atoms with Crippen LogP contribution in [0.2, 0.25) is 0 Å². The van der Waals surface area contributed by atoms with Gasteiger partial charge < -0.3 is 5.11 Å². The topological polar surface area (TPSA) is 54.4 Å². The summed E-state index contributed by atoms with van der Waals surface area (Å²) in [5, 5.41) is 10.1. The van der Waals surface area contributed by atoms with Crippen LogP contribution in [0.15, 0.2) is 11.2 Å². The summed E-state index contributed by atoms with van der Waals surface area (Å²) >= 11 is 0. The van der Waals surface area contributed by atoms with Crippen molar-refractivity contribution in [1.29, 1.82) is 0 Å². The lowest BCUT2D eigenvalue weighted by Crippen LogP contribution is -2.10. The molecule has 0 saturated heterocycles. The third-order valence-electron chi connectivity index (χ3n) is 1.09. The van der Waals surface area contributed by atoms with Crippen molar-refractivity contribution in [2.45, 2.75) is 20.8 Å². The Morgan fingerprint density at radius 2 is 1.73 bits per heavy atom. The van der Waals surface area contributed by atoms with Gasteiger partial charge in [-0.15, -0.1) is 0 Å². The zero-order chi connectivity index (χ0) is 9.28. The maximum atomic E-state index is 10.7. The SMILES string of the molecule is CC(C)(C)C(O)=CS(C)(=O)=O. The molecule has 0 spiro atoms. The minimum atomic E-state index is -3.22. The smallest absolute Gasteiger partial charge is 0.172 e. The Bertz CT molecular complexity index is 254. The lowest BCUT2D eigenvalue weighted by Gasteiger charge is -2.16. The van der Waals surface area contributed by atoms with Crippen molar-refractivity contribution in [1.82, 2.24) is 0 Å². The number of rotatable bonds is 1. The molecule has 0 aliphatic carbocycles. The first-order chi connectivity index (χ1) is 4.63. The lowest BCUT2D eigenvalue weighted by atomic mass is 9.95. The van der Waals surface area contributed by atoms with Crippen LogP contribution in [0.5, 0.6) is 0 Å². The van der Waals surface area contributed by atoms with E-state index in [2.05, 4.69) is 0 Å². The van der Waals surface area contributed by atoms with Gasteiger partial charge in [0.25, 0.3) is 0 Å². The van der Waals surface area contributed by atoms with Crippen LogP contribution in [0.4, 0.5) is 0 Å². The van der Waals surface area contributed by atoms with E-state index < -0.39 is 15.3 Å². The molecule has 3 nitrogen and oxygen atoms in total. The van der Waals surface area contributed by atoms with Crippen LogP contribution < -0.4 is 0 Å². The summed E-state index contributed by atoms with van der Waals surface area (Å²) < 4.78 is 21.3. The van der Waals surface area contributed by atoms with Gasteiger partial charge in [0, 0.05) is 11.7 Å². The minimum absolute atomic E-state index is 0.111. The molecule has 0 radical (unpaired) electrons. The van der Waals surface area contributed by atoms with Crippen molar-refractivity contribution in [3.05, 3.63) is 11.2 Å². The molecule has 0 aromatic heterocycles. The first-order valence-corrected chi connectivity index (χ1v) is 5.19. The van der Waals surface area contributed by atoms with Crippen LogP contribution in [-0.2, 0) is 9.84 Å². The fraction of sp³-hybridized carbons (Fsp3) is 0.714. The van der Waals surface area contributed by atoms with Gasteiger partial charge in [-0.1, -0.05) is 20.8 Å². The molecule has 0 heterocycles. The fourth-order valence-electron chi connectivity index (χ4n) is 0.380. The molecule has 0 unspecified atom stereocenters. The van der Waals surface area contributed by atoms with Crippen molar-refractivity contribution >= 4 is 9.84 Å². The number of aliphatic hydroxyl groups is 1. The van der Waals surface area contributed by atoms with Crippen LogP contribution in [-0.4, -0.2) is 19.8 Å². The number of allylic oxidation sites excluding steroid dienone is 1. The summed E-state index contributed by atoms with van der Waals surface area (Å²) in [5.41, 5.74) is -0.497. The molecule has 0 aliphatic heterocycles. The molecule has 0 atom stereocenters. The Labute approximate surface area is 67.7 Å². The van der Waals surface area contributed by atoms with E-state index in [1.54, 1.807) is 20.8 Å². The molecule has 0 saturated carbocycles. The Hall–Kier alpha value is -0.510. The molecule has 0 aromatic rings. The number of aliphatic hydroxyl groups excluding tert-OH is 1. The summed E-state index contributed by atoms with van der Waals surface area (Å²) in [4.78, 5) is 0. The zero-order valence-corrected chi connectivity index (χ0v) is 8.07. The summed E-state index contributed by atoms with van der Waals surface area (Å²) in [6.07, 6.45) is 1.05. The van der Waals surface area contributed by atoms with E-state index in [4.69, 9.17) is 0 Å². The van der Waals surface area contributed by atoms with Crippen molar-refractivity contribution in [2.24, 2.45) is 5.41 Å². The quantitative estimate of drug-likeness (QED) is 0.619. The molecule has 11 heavy (non-hydrogen) atoms. The number of sulfone groups is 1. The third kappa shape index (κ3) is 4.84. The van der Waals surface area contributed by atoms with Gasteiger partial charge in [0.05, 0.1) is 5.41 Å². The Morgan fingerprint density at radius 1 is 1.36 bits per heavy atom. The van der Waals surface area contributed by atoms with Crippen LogP contribution in [0, 0.1) is 5.41 Å². The fourth-order valence-corrected chi connectivity index (χ4v) is 1.14. The van der Waals surface area contributed by atoms with E-state index in [1.807, 2.05) is 0 Å². The van der Waals surface area contributed by atoms with Gasteiger partial charge in [0.15, 0.2) is 9.84 Å². The van der Waals surface area contributed by atoms with E-state index in [9.17, 15) is 13.5 Å². The Morgan fingerprint density at radius 3 is 1.82 bits per heavy atom. The third-order valence-corrected chi connectivity index (χ3v) is 1.75. The predicted octanol–water partition coefficient (Wildman–Crippen LogP) is 1.48. The predicted molar refractivity (Wildman–Crippen MR) is 45.0 cm³/mol. The van der Waals surface area contributed by atoms with Gasteiger partial charge in [0.2, 0.25) is 0 Å². The highest BCUT2D eigenvalue weighted by atomic mass is 32.2.